The van der Waals surface area contributed by atoms with Gasteiger partial charge in [0.15, 0.2) is 6.29 Å². The second-order valence-corrected chi connectivity index (χ2v) is 6.12. The largest absolute Gasteiger partial charge is 0.378 e. The molecule has 3 fully saturated rings. The van der Waals surface area contributed by atoms with Gasteiger partial charge in [0, 0.05) is 25.6 Å². The molecule has 2 atom stereocenters. The lowest BCUT2D eigenvalue weighted by molar-refractivity contribution is -0.144. The monoisotopic (exact) mass is 298 g/mol. The first kappa shape index (κ1) is 15.2. The van der Waals surface area contributed by atoms with Gasteiger partial charge in [-0.25, -0.2) is 0 Å². The van der Waals surface area contributed by atoms with E-state index in [1.165, 1.54) is 0 Å². The Morgan fingerprint density at radius 2 is 1.81 bits per heavy atom. The summed E-state index contributed by atoms with van der Waals surface area (Å²) < 4.78 is 16.6. The van der Waals surface area contributed by atoms with Crippen LogP contribution in [0, 0.1) is 5.92 Å². The Labute approximate surface area is 126 Å². The molecular weight excluding hydrogens is 272 g/mol. The topological polar surface area (TPSA) is 51.2 Å². The Balaban J connectivity index is 1.55. The normalized spacial score (nSPS) is 30.5. The van der Waals surface area contributed by atoms with E-state index in [1.807, 2.05) is 11.8 Å². The lowest BCUT2D eigenvalue weighted by atomic mass is 9.96. The Hall–Kier alpha value is -0.690. The highest BCUT2D eigenvalue weighted by Gasteiger charge is 2.35. The van der Waals surface area contributed by atoms with Gasteiger partial charge in [0.05, 0.1) is 32.5 Å². The first-order chi connectivity index (χ1) is 10.3. The van der Waals surface area contributed by atoms with Crippen LogP contribution in [0.1, 0.15) is 19.8 Å². The van der Waals surface area contributed by atoms with E-state index in [9.17, 15) is 4.79 Å². The summed E-state index contributed by atoms with van der Waals surface area (Å²) in [7, 11) is 0. The van der Waals surface area contributed by atoms with Gasteiger partial charge in [0.25, 0.3) is 0 Å². The van der Waals surface area contributed by atoms with Crippen LogP contribution in [-0.2, 0) is 19.0 Å². The summed E-state index contributed by atoms with van der Waals surface area (Å²) in [5.74, 6) is 0.619. The number of morpholine rings is 1. The van der Waals surface area contributed by atoms with E-state index in [0.717, 1.165) is 39.0 Å². The van der Waals surface area contributed by atoms with Crippen LogP contribution < -0.4 is 0 Å². The van der Waals surface area contributed by atoms with Crippen LogP contribution in [0.2, 0.25) is 0 Å². The highest BCUT2D eigenvalue weighted by Crippen LogP contribution is 2.26. The molecule has 0 saturated carbocycles. The Morgan fingerprint density at radius 1 is 1.10 bits per heavy atom. The van der Waals surface area contributed by atoms with Crippen molar-refractivity contribution in [2.75, 3.05) is 52.6 Å². The van der Waals surface area contributed by atoms with Crippen LogP contribution in [-0.4, -0.2) is 80.6 Å². The van der Waals surface area contributed by atoms with Gasteiger partial charge in [0.2, 0.25) is 5.91 Å². The van der Waals surface area contributed by atoms with Gasteiger partial charge in [-0.1, -0.05) is 0 Å². The van der Waals surface area contributed by atoms with Gasteiger partial charge in [-0.2, -0.15) is 0 Å². The smallest absolute Gasteiger partial charge is 0.239 e. The summed E-state index contributed by atoms with van der Waals surface area (Å²) >= 11 is 0. The lowest BCUT2D eigenvalue weighted by Crippen LogP contribution is -2.53. The van der Waals surface area contributed by atoms with E-state index in [4.69, 9.17) is 14.2 Å². The van der Waals surface area contributed by atoms with Crippen LogP contribution >= 0.6 is 0 Å². The maximum absolute atomic E-state index is 12.6. The molecule has 21 heavy (non-hydrogen) atoms. The van der Waals surface area contributed by atoms with Gasteiger partial charge in [-0.3, -0.25) is 9.69 Å². The number of hydrogen-bond acceptors (Lipinski definition) is 5. The first-order valence-electron chi connectivity index (χ1n) is 8.09. The minimum absolute atomic E-state index is 0.0627. The third-order valence-electron chi connectivity index (χ3n) is 4.75. The molecule has 3 heterocycles. The molecule has 0 aromatic rings. The second kappa shape index (κ2) is 7.05. The zero-order valence-electron chi connectivity index (χ0n) is 12.8. The van der Waals surface area contributed by atoms with Crippen molar-refractivity contribution in [3.63, 3.8) is 0 Å². The van der Waals surface area contributed by atoms with Crippen molar-refractivity contribution in [2.24, 2.45) is 5.92 Å². The molecule has 0 radical (unpaired) electrons. The fourth-order valence-corrected chi connectivity index (χ4v) is 3.47. The van der Waals surface area contributed by atoms with Gasteiger partial charge >= 0.3 is 0 Å². The average molecular weight is 298 g/mol. The van der Waals surface area contributed by atoms with Gasteiger partial charge in [-0.15, -0.1) is 0 Å². The molecule has 6 heteroatoms. The molecule has 3 aliphatic rings. The summed E-state index contributed by atoms with van der Waals surface area (Å²) in [6.07, 6.45) is 2.16. The summed E-state index contributed by atoms with van der Waals surface area (Å²) in [4.78, 5) is 16.8. The van der Waals surface area contributed by atoms with Gasteiger partial charge < -0.3 is 19.1 Å². The van der Waals surface area contributed by atoms with Crippen molar-refractivity contribution in [3.05, 3.63) is 0 Å². The molecule has 3 saturated heterocycles. The highest BCUT2D eigenvalue weighted by atomic mass is 16.7. The lowest BCUT2D eigenvalue weighted by Gasteiger charge is -2.39. The zero-order valence-corrected chi connectivity index (χ0v) is 12.8. The summed E-state index contributed by atoms with van der Waals surface area (Å²) in [5, 5.41) is 0. The molecule has 6 nitrogen and oxygen atoms in total. The van der Waals surface area contributed by atoms with Crippen LogP contribution in [0.15, 0.2) is 0 Å². The standard InChI is InChI=1S/C15H26N2O4/c1-12(14(18)16-5-7-19-8-6-16)17-4-2-3-13(11-17)15-20-9-10-21-15/h12-13,15H,2-11H2,1H3. The Kier molecular flexibility index (Phi) is 5.11. The predicted molar refractivity (Wildman–Crippen MR) is 76.9 cm³/mol. The van der Waals surface area contributed by atoms with E-state index < -0.39 is 0 Å². The Morgan fingerprint density at radius 3 is 2.52 bits per heavy atom. The molecule has 3 aliphatic heterocycles. The number of ether oxygens (including phenoxy) is 3. The molecule has 0 aromatic carbocycles. The molecule has 0 aromatic heterocycles. The van der Waals surface area contributed by atoms with Crippen molar-refractivity contribution in [3.8, 4) is 0 Å². The molecular formula is C15H26N2O4. The zero-order chi connectivity index (χ0) is 14.7. The molecule has 2 unspecified atom stereocenters. The van der Waals surface area contributed by atoms with Crippen molar-refractivity contribution in [1.82, 2.24) is 9.80 Å². The average Bonchev–Trinajstić information content (AvgIpc) is 3.09. The SMILES string of the molecule is CC(C(=O)N1CCOCC1)N1CCCC(C2OCCO2)C1. The van der Waals surface area contributed by atoms with E-state index in [0.29, 0.717) is 32.3 Å². The fraction of sp³-hybridized carbons (Fsp3) is 0.933. The summed E-state index contributed by atoms with van der Waals surface area (Å²) in [6, 6.07) is -0.0627. The van der Waals surface area contributed by atoms with E-state index in [2.05, 4.69) is 4.90 Å². The molecule has 1 amide bonds. The number of carbonyl (C=O) groups excluding carboxylic acids is 1. The number of carbonyl (C=O) groups is 1. The minimum Gasteiger partial charge on any atom is -0.378 e. The van der Waals surface area contributed by atoms with Crippen molar-refractivity contribution in [2.45, 2.75) is 32.1 Å². The molecule has 120 valence electrons. The molecule has 3 rings (SSSR count). The number of nitrogens with zero attached hydrogens (tertiary/aromatic N) is 2. The van der Waals surface area contributed by atoms with Gasteiger partial charge in [-0.05, 0) is 26.3 Å². The number of amides is 1. The van der Waals surface area contributed by atoms with Crippen molar-refractivity contribution < 1.29 is 19.0 Å². The third kappa shape index (κ3) is 3.56. The summed E-state index contributed by atoms with van der Waals surface area (Å²) in [6.45, 7) is 8.05. The van der Waals surface area contributed by atoms with Crippen LogP contribution in [0.5, 0.6) is 0 Å². The van der Waals surface area contributed by atoms with Crippen LogP contribution in [0.3, 0.4) is 0 Å². The predicted octanol–water partition coefficient (Wildman–Crippen LogP) is 0.319. The third-order valence-corrected chi connectivity index (χ3v) is 4.75. The van der Waals surface area contributed by atoms with E-state index in [1.54, 1.807) is 0 Å². The first-order valence-corrected chi connectivity index (χ1v) is 8.09. The highest BCUT2D eigenvalue weighted by molar-refractivity contribution is 5.81. The molecule has 0 aliphatic carbocycles. The van der Waals surface area contributed by atoms with Crippen molar-refractivity contribution in [1.29, 1.82) is 0 Å². The number of rotatable bonds is 3. The van der Waals surface area contributed by atoms with Crippen molar-refractivity contribution >= 4 is 5.91 Å². The molecule has 0 bridgehead atoms. The number of piperidine rings is 1. The molecule has 0 N–H and O–H groups in total. The van der Waals surface area contributed by atoms with E-state index >= 15 is 0 Å². The molecule has 0 spiro atoms. The quantitative estimate of drug-likeness (QED) is 0.751. The fourth-order valence-electron chi connectivity index (χ4n) is 3.47. The second-order valence-electron chi connectivity index (χ2n) is 6.12. The van der Waals surface area contributed by atoms with Gasteiger partial charge in [0.1, 0.15) is 0 Å². The number of hydrogen-bond donors (Lipinski definition) is 0. The minimum atomic E-state index is -0.0708. The maximum Gasteiger partial charge on any atom is 0.239 e. The Bertz CT molecular complexity index is 354. The van der Waals surface area contributed by atoms with Crippen LogP contribution in [0.4, 0.5) is 0 Å². The maximum atomic E-state index is 12.6. The number of likely N-dealkylation sites (tertiary alicyclic amines) is 1. The van der Waals surface area contributed by atoms with Crippen LogP contribution in [0.25, 0.3) is 0 Å². The summed E-state index contributed by atoms with van der Waals surface area (Å²) in [5.41, 5.74) is 0. The van der Waals surface area contributed by atoms with E-state index in [-0.39, 0.29) is 18.2 Å².